The van der Waals surface area contributed by atoms with Gasteiger partial charge in [-0.3, -0.25) is 4.79 Å². The van der Waals surface area contributed by atoms with Crippen LogP contribution in [0, 0.1) is 29.4 Å². The van der Waals surface area contributed by atoms with E-state index in [2.05, 4.69) is 0 Å². The van der Waals surface area contributed by atoms with E-state index < -0.39 is 11.6 Å². The van der Waals surface area contributed by atoms with Crippen LogP contribution in [0.5, 0.6) is 0 Å². The van der Waals surface area contributed by atoms with Crippen molar-refractivity contribution in [1.82, 2.24) is 0 Å². The highest BCUT2D eigenvalue weighted by atomic mass is 19.1. The normalized spacial score (nSPS) is 30.8. The van der Waals surface area contributed by atoms with E-state index in [4.69, 9.17) is 0 Å². The van der Waals surface area contributed by atoms with Crippen LogP contribution in [0.1, 0.15) is 36.0 Å². The molecule has 0 bridgehead atoms. The Labute approximate surface area is 98.8 Å². The summed E-state index contributed by atoms with van der Waals surface area (Å²) in [5.74, 6) is -0.566. The van der Waals surface area contributed by atoms with Crippen LogP contribution >= 0.6 is 0 Å². The number of hydrogen-bond donors (Lipinski definition) is 0. The highest BCUT2D eigenvalue weighted by molar-refractivity contribution is 6.00. The molecule has 1 aromatic carbocycles. The van der Waals surface area contributed by atoms with E-state index in [1.165, 1.54) is 18.9 Å². The third kappa shape index (κ3) is 1.78. The fourth-order valence-corrected chi connectivity index (χ4v) is 3.25. The zero-order valence-electron chi connectivity index (χ0n) is 9.46. The lowest BCUT2D eigenvalue weighted by Gasteiger charge is -2.04. The van der Waals surface area contributed by atoms with Crippen LogP contribution in [0.2, 0.25) is 0 Å². The van der Waals surface area contributed by atoms with E-state index in [1.54, 1.807) is 0 Å². The van der Waals surface area contributed by atoms with Gasteiger partial charge in [-0.25, -0.2) is 8.78 Å². The van der Waals surface area contributed by atoms with Crippen molar-refractivity contribution < 1.29 is 13.6 Å². The summed E-state index contributed by atoms with van der Waals surface area (Å²) in [6, 6.07) is 3.22. The van der Waals surface area contributed by atoms with Gasteiger partial charge >= 0.3 is 0 Å². The van der Waals surface area contributed by atoms with E-state index >= 15 is 0 Å². The Morgan fingerprint density at radius 3 is 2.35 bits per heavy atom. The van der Waals surface area contributed by atoms with Gasteiger partial charge in [-0.2, -0.15) is 0 Å². The Morgan fingerprint density at radius 1 is 1.12 bits per heavy atom. The minimum atomic E-state index is -0.723. The number of halogens is 2. The number of Topliss-reactive ketones (excluding diaryl/α,β-unsaturated/α-hetero) is 1. The Balaban J connectivity index is 1.83. The van der Waals surface area contributed by atoms with Crippen LogP contribution in [0.3, 0.4) is 0 Å². The van der Waals surface area contributed by atoms with Crippen LogP contribution in [0.4, 0.5) is 8.78 Å². The zero-order chi connectivity index (χ0) is 12.0. The van der Waals surface area contributed by atoms with Gasteiger partial charge in [-0.1, -0.05) is 12.8 Å². The second-order valence-corrected chi connectivity index (χ2v) is 5.13. The number of benzene rings is 1. The fourth-order valence-electron chi connectivity index (χ4n) is 3.25. The minimum Gasteiger partial charge on any atom is -0.294 e. The first-order valence-electron chi connectivity index (χ1n) is 6.18. The highest BCUT2D eigenvalue weighted by Gasteiger charge is 2.54. The van der Waals surface area contributed by atoms with Crippen LogP contribution in [0.15, 0.2) is 18.2 Å². The predicted octanol–water partition coefficient (Wildman–Crippen LogP) is 3.58. The molecule has 90 valence electrons. The summed E-state index contributed by atoms with van der Waals surface area (Å²) in [6.07, 6.45) is 4.53. The van der Waals surface area contributed by atoms with Gasteiger partial charge in [0, 0.05) is 12.0 Å². The topological polar surface area (TPSA) is 17.1 Å². The largest absolute Gasteiger partial charge is 0.294 e. The summed E-state index contributed by atoms with van der Waals surface area (Å²) in [5.41, 5.74) is 0.0609. The van der Waals surface area contributed by atoms with Gasteiger partial charge < -0.3 is 0 Å². The molecule has 2 unspecified atom stereocenters. The van der Waals surface area contributed by atoms with Crippen molar-refractivity contribution in [3.63, 3.8) is 0 Å². The van der Waals surface area contributed by atoms with Gasteiger partial charge in [-0.15, -0.1) is 0 Å². The van der Waals surface area contributed by atoms with Crippen molar-refractivity contribution in [1.29, 1.82) is 0 Å². The Kier molecular flexibility index (Phi) is 2.49. The minimum absolute atomic E-state index is 0.00235. The molecule has 17 heavy (non-hydrogen) atoms. The summed E-state index contributed by atoms with van der Waals surface area (Å²) in [6.45, 7) is 0. The first-order valence-corrected chi connectivity index (χ1v) is 6.18. The van der Waals surface area contributed by atoms with E-state index in [-0.39, 0.29) is 17.3 Å². The van der Waals surface area contributed by atoms with Crippen molar-refractivity contribution >= 4 is 5.78 Å². The van der Waals surface area contributed by atoms with Crippen LogP contribution in [0.25, 0.3) is 0 Å². The lowest BCUT2D eigenvalue weighted by atomic mass is 10.0. The van der Waals surface area contributed by atoms with Crippen molar-refractivity contribution in [2.75, 3.05) is 0 Å². The summed E-state index contributed by atoms with van der Waals surface area (Å²) in [5, 5.41) is 0. The predicted molar refractivity (Wildman–Crippen MR) is 59.6 cm³/mol. The molecule has 2 saturated carbocycles. The molecule has 1 aromatic rings. The van der Waals surface area contributed by atoms with Gasteiger partial charge in [0.05, 0.1) is 5.56 Å². The molecule has 2 fully saturated rings. The Hall–Kier alpha value is -1.25. The SMILES string of the molecule is O=C(c1ccc(F)cc1F)C1C2CCCCC21. The van der Waals surface area contributed by atoms with Crippen molar-refractivity contribution in [3.8, 4) is 0 Å². The molecule has 2 aliphatic rings. The third-order valence-electron chi connectivity index (χ3n) is 4.16. The van der Waals surface area contributed by atoms with E-state index in [1.807, 2.05) is 0 Å². The summed E-state index contributed by atoms with van der Waals surface area (Å²) in [4.78, 5) is 12.1. The summed E-state index contributed by atoms with van der Waals surface area (Å²) >= 11 is 0. The van der Waals surface area contributed by atoms with Gasteiger partial charge in [0.15, 0.2) is 5.78 Å². The third-order valence-corrected chi connectivity index (χ3v) is 4.16. The average Bonchev–Trinajstić information content (AvgIpc) is 3.02. The van der Waals surface area contributed by atoms with Gasteiger partial charge in [0.2, 0.25) is 0 Å². The van der Waals surface area contributed by atoms with E-state index in [9.17, 15) is 13.6 Å². The van der Waals surface area contributed by atoms with Crippen molar-refractivity contribution in [3.05, 3.63) is 35.4 Å². The molecular weight excluding hydrogens is 222 g/mol. The smallest absolute Gasteiger partial charge is 0.169 e. The van der Waals surface area contributed by atoms with Crippen LogP contribution in [-0.2, 0) is 0 Å². The maximum absolute atomic E-state index is 13.5. The van der Waals surface area contributed by atoms with Gasteiger partial charge in [-0.05, 0) is 36.8 Å². The number of fused-ring (bicyclic) bond motifs is 1. The molecule has 0 aromatic heterocycles. The molecule has 0 spiro atoms. The first-order chi connectivity index (χ1) is 8.18. The number of carbonyl (C=O) groups excluding carboxylic acids is 1. The number of rotatable bonds is 2. The molecule has 0 aliphatic heterocycles. The summed E-state index contributed by atoms with van der Waals surface area (Å²) in [7, 11) is 0. The van der Waals surface area contributed by atoms with Crippen molar-refractivity contribution in [2.24, 2.45) is 17.8 Å². The molecule has 0 heterocycles. The molecule has 0 amide bonds. The lowest BCUT2D eigenvalue weighted by molar-refractivity contribution is 0.0952. The number of hydrogen-bond acceptors (Lipinski definition) is 1. The van der Waals surface area contributed by atoms with Gasteiger partial charge in [0.25, 0.3) is 0 Å². The molecule has 0 radical (unpaired) electrons. The average molecular weight is 236 g/mol. The molecule has 1 nitrogen and oxygen atoms in total. The molecule has 3 rings (SSSR count). The van der Waals surface area contributed by atoms with Crippen LogP contribution < -0.4 is 0 Å². The molecule has 2 aliphatic carbocycles. The molecule has 3 heteroatoms. The van der Waals surface area contributed by atoms with E-state index in [0.29, 0.717) is 11.8 Å². The first kappa shape index (κ1) is 10.9. The fraction of sp³-hybridized carbons (Fsp3) is 0.500. The van der Waals surface area contributed by atoms with Crippen molar-refractivity contribution in [2.45, 2.75) is 25.7 Å². The monoisotopic (exact) mass is 236 g/mol. The number of carbonyl (C=O) groups is 1. The quantitative estimate of drug-likeness (QED) is 0.717. The summed E-state index contributed by atoms with van der Waals surface area (Å²) < 4.78 is 26.3. The lowest BCUT2D eigenvalue weighted by Crippen LogP contribution is -2.07. The van der Waals surface area contributed by atoms with Crippen LogP contribution in [-0.4, -0.2) is 5.78 Å². The molecule has 0 N–H and O–H groups in total. The molecule has 2 atom stereocenters. The second-order valence-electron chi connectivity index (χ2n) is 5.13. The maximum atomic E-state index is 13.5. The van der Waals surface area contributed by atoms with Gasteiger partial charge in [0.1, 0.15) is 11.6 Å². The highest BCUT2D eigenvalue weighted by Crippen LogP contribution is 2.56. The zero-order valence-corrected chi connectivity index (χ0v) is 9.46. The maximum Gasteiger partial charge on any atom is 0.169 e. The Morgan fingerprint density at radius 2 is 1.76 bits per heavy atom. The number of ketones is 1. The molecule has 0 saturated heterocycles. The second kappa shape index (κ2) is 3.90. The molecular formula is C14H14F2O. The standard InChI is InChI=1S/C14H14F2O/c15-8-5-6-11(12(16)7-8)14(17)13-9-3-1-2-4-10(9)13/h5-7,9-10,13H,1-4H2. The Bertz CT molecular complexity index is 457. The van der Waals surface area contributed by atoms with E-state index in [0.717, 1.165) is 25.0 Å².